The summed E-state index contributed by atoms with van der Waals surface area (Å²) in [4.78, 5) is 0. The zero-order chi connectivity index (χ0) is 9.23. The quantitative estimate of drug-likeness (QED) is 0.601. The Hall–Kier alpha value is -0.820. The molecule has 0 heterocycles. The van der Waals surface area contributed by atoms with Crippen molar-refractivity contribution in [3.8, 4) is 0 Å². The van der Waals surface area contributed by atoms with Gasteiger partial charge < -0.3 is 5.11 Å². The molecule has 0 saturated heterocycles. The molecule has 0 aliphatic heterocycles. The summed E-state index contributed by atoms with van der Waals surface area (Å²) in [6.07, 6.45) is 11.9. The molecule has 0 bridgehead atoms. The highest BCUT2D eigenvalue weighted by Gasteiger charge is 1.96. The van der Waals surface area contributed by atoms with E-state index in [-0.39, 0.29) is 6.10 Å². The maximum absolute atomic E-state index is 9.31. The van der Waals surface area contributed by atoms with Gasteiger partial charge in [0.1, 0.15) is 0 Å². The van der Waals surface area contributed by atoms with Crippen molar-refractivity contribution in [1.29, 1.82) is 0 Å². The van der Waals surface area contributed by atoms with Gasteiger partial charge in [0.25, 0.3) is 0 Å². The second kappa shape index (κ2) is 8.28. The van der Waals surface area contributed by atoms with Crippen LogP contribution in [0.1, 0.15) is 26.2 Å². The highest BCUT2D eigenvalue weighted by Crippen LogP contribution is 2.01. The fourth-order valence-corrected chi connectivity index (χ4v) is 0.908. The molecule has 0 aromatic heterocycles. The van der Waals surface area contributed by atoms with Crippen molar-refractivity contribution in [2.24, 2.45) is 0 Å². The highest BCUT2D eigenvalue weighted by molar-refractivity contribution is 5.08. The van der Waals surface area contributed by atoms with E-state index in [0.717, 1.165) is 19.3 Å². The van der Waals surface area contributed by atoms with E-state index in [0.29, 0.717) is 0 Å². The molecular weight excluding hydrogens is 148 g/mol. The van der Waals surface area contributed by atoms with E-state index in [2.05, 4.69) is 13.5 Å². The molecule has 0 rings (SSSR count). The van der Waals surface area contributed by atoms with E-state index < -0.39 is 0 Å². The summed E-state index contributed by atoms with van der Waals surface area (Å²) in [7, 11) is 0. The number of hydrogen-bond acceptors (Lipinski definition) is 1. The molecule has 0 aliphatic carbocycles. The molecule has 0 radical (unpaired) electrons. The Balaban J connectivity index is 3.45. The van der Waals surface area contributed by atoms with Crippen LogP contribution in [-0.4, -0.2) is 11.2 Å². The number of rotatable bonds is 6. The zero-order valence-electron chi connectivity index (χ0n) is 7.74. The first-order chi connectivity index (χ1) is 5.81. The van der Waals surface area contributed by atoms with Gasteiger partial charge in [0.2, 0.25) is 0 Å². The zero-order valence-corrected chi connectivity index (χ0v) is 7.74. The minimum absolute atomic E-state index is 0.177. The van der Waals surface area contributed by atoms with Crippen molar-refractivity contribution < 1.29 is 5.11 Å². The normalized spacial score (nSPS) is 14.2. The SMILES string of the molecule is C=C/C=C\C=C\CC(O)CCC. The smallest absolute Gasteiger partial charge is 0.0574 e. The molecule has 0 aliphatic rings. The molecule has 1 atom stereocenters. The summed E-state index contributed by atoms with van der Waals surface area (Å²) in [5, 5.41) is 9.31. The second-order valence-electron chi connectivity index (χ2n) is 2.73. The van der Waals surface area contributed by atoms with Crippen LogP contribution >= 0.6 is 0 Å². The summed E-state index contributed by atoms with van der Waals surface area (Å²) < 4.78 is 0. The molecule has 0 amide bonds. The lowest BCUT2D eigenvalue weighted by Gasteiger charge is -2.03. The fourth-order valence-electron chi connectivity index (χ4n) is 0.908. The lowest BCUT2D eigenvalue weighted by atomic mass is 10.1. The van der Waals surface area contributed by atoms with Gasteiger partial charge in [-0.05, 0) is 12.8 Å². The number of aliphatic hydroxyl groups excluding tert-OH is 1. The molecular formula is C11H18O. The van der Waals surface area contributed by atoms with Gasteiger partial charge in [-0.1, -0.05) is 50.3 Å². The van der Waals surface area contributed by atoms with E-state index in [1.54, 1.807) is 6.08 Å². The number of aliphatic hydroxyl groups is 1. The Morgan fingerprint density at radius 2 is 2.08 bits per heavy atom. The van der Waals surface area contributed by atoms with Crippen LogP contribution in [0.2, 0.25) is 0 Å². The summed E-state index contributed by atoms with van der Waals surface area (Å²) in [6, 6.07) is 0. The Labute approximate surface area is 75.1 Å². The Kier molecular flexibility index (Phi) is 7.71. The first-order valence-corrected chi connectivity index (χ1v) is 4.43. The largest absolute Gasteiger partial charge is 0.393 e. The molecule has 1 nitrogen and oxygen atoms in total. The first-order valence-electron chi connectivity index (χ1n) is 4.43. The minimum Gasteiger partial charge on any atom is -0.393 e. The average Bonchev–Trinajstić information content (AvgIpc) is 2.05. The monoisotopic (exact) mass is 166 g/mol. The molecule has 0 aromatic carbocycles. The van der Waals surface area contributed by atoms with Crippen LogP contribution in [0.4, 0.5) is 0 Å². The Morgan fingerprint density at radius 1 is 1.33 bits per heavy atom. The van der Waals surface area contributed by atoms with Crippen molar-refractivity contribution in [3.05, 3.63) is 37.0 Å². The summed E-state index contributed by atoms with van der Waals surface area (Å²) >= 11 is 0. The Bertz CT molecular complexity index is 156. The van der Waals surface area contributed by atoms with Gasteiger partial charge in [0.15, 0.2) is 0 Å². The van der Waals surface area contributed by atoms with E-state index >= 15 is 0 Å². The lowest BCUT2D eigenvalue weighted by molar-refractivity contribution is 0.167. The second-order valence-corrected chi connectivity index (χ2v) is 2.73. The van der Waals surface area contributed by atoms with Crippen LogP contribution in [0.15, 0.2) is 37.0 Å². The predicted octanol–water partition coefficient (Wildman–Crippen LogP) is 2.84. The molecule has 0 aromatic rings. The van der Waals surface area contributed by atoms with Crippen LogP contribution in [-0.2, 0) is 0 Å². The predicted molar refractivity (Wildman–Crippen MR) is 54.0 cm³/mol. The molecule has 0 fully saturated rings. The molecule has 1 N–H and O–H groups in total. The maximum Gasteiger partial charge on any atom is 0.0574 e. The minimum atomic E-state index is -0.177. The third-order valence-corrected chi connectivity index (χ3v) is 1.52. The molecule has 12 heavy (non-hydrogen) atoms. The highest BCUT2D eigenvalue weighted by atomic mass is 16.3. The van der Waals surface area contributed by atoms with Crippen molar-refractivity contribution in [3.63, 3.8) is 0 Å². The summed E-state index contributed by atoms with van der Waals surface area (Å²) in [5.41, 5.74) is 0. The van der Waals surface area contributed by atoms with Gasteiger partial charge in [-0.3, -0.25) is 0 Å². The van der Waals surface area contributed by atoms with Gasteiger partial charge in [0, 0.05) is 0 Å². The van der Waals surface area contributed by atoms with Crippen molar-refractivity contribution in [1.82, 2.24) is 0 Å². The summed E-state index contributed by atoms with van der Waals surface area (Å²) in [6.45, 7) is 5.63. The third-order valence-electron chi connectivity index (χ3n) is 1.52. The van der Waals surface area contributed by atoms with Crippen LogP contribution in [0.3, 0.4) is 0 Å². The average molecular weight is 166 g/mol. The molecule has 1 heteroatoms. The molecule has 1 unspecified atom stereocenters. The van der Waals surface area contributed by atoms with Crippen LogP contribution in [0.25, 0.3) is 0 Å². The Morgan fingerprint density at radius 3 is 2.67 bits per heavy atom. The standard InChI is InChI=1S/C11H18O/c1-3-5-6-7-8-10-11(12)9-4-2/h3,5-8,11-12H,1,4,9-10H2,2H3/b6-5-,8-7+. The van der Waals surface area contributed by atoms with Crippen LogP contribution < -0.4 is 0 Å². The topological polar surface area (TPSA) is 20.2 Å². The van der Waals surface area contributed by atoms with Gasteiger partial charge >= 0.3 is 0 Å². The van der Waals surface area contributed by atoms with Crippen molar-refractivity contribution in [2.45, 2.75) is 32.3 Å². The maximum atomic E-state index is 9.31. The fraction of sp³-hybridized carbons (Fsp3) is 0.455. The third kappa shape index (κ3) is 7.29. The van der Waals surface area contributed by atoms with Crippen LogP contribution in [0, 0.1) is 0 Å². The lowest BCUT2D eigenvalue weighted by Crippen LogP contribution is -2.02. The van der Waals surface area contributed by atoms with Gasteiger partial charge in [-0.25, -0.2) is 0 Å². The molecule has 0 spiro atoms. The summed E-state index contributed by atoms with van der Waals surface area (Å²) in [5.74, 6) is 0. The molecule has 0 saturated carbocycles. The van der Waals surface area contributed by atoms with E-state index in [4.69, 9.17) is 0 Å². The first kappa shape index (κ1) is 11.2. The van der Waals surface area contributed by atoms with E-state index in [9.17, 15) is 5.11 Å². The van der Waals surface area contributed by atoms with Gasteiger partial charge in [0.05, 0.1) is 6.10 Å². The van der Waals surface area contributed by atoms with Crippen molar-refractivity contribution >= 4 is 0 Å². The van der Waals surface area contributed by atoms with Crippen LogP contribution in [0.5, 0.6) is 0 Å². The number of hydrogen-bond donors (Lipinski definition) is 1. The van der Waals surface area contributed by atoms with Gasteiger partial charge in [-0.2, -0.15) is 0 Å². The van der Waals surface area contributed by atoms with E-state index in [1.807, 2.05) is 24.3 Å². The van der Waals surface area contributed by atoms with E-state index in [1.165, 1.54) is 0 Å². The number of allylic oxidation sites excluding steroid dienone is 4. The van der Waals surface area contributed by atoms with Crippen molar-refractivity contribution in [2.75, 3.05) is 0 Å². The van der Waals surface area contributed by atoms with Gasteiger partial charge in [-0.15, -0.1) is 0 Å². The molecule has 68 valence electrons.